The third-order valence-electron chi connectivity index (χ3n) is 4.30. The Balaban J connectivity index is 1.84. The Morgan fingerprint density at radius 3 is 2.53 bits per heavy atom. The Kier molecular flexibility index (Phi) is 4.83. The van der Waals surface area contributed by atoms with Gasteiger partial charge in [-0.3, -0.25) is 0 Å². The summed E-state index contributed by atoms with van der Waals surface area (Å²) in [5.74, 6) is 2.43. The van der Waals surface area contributed by atoms with Gasteiger partial charge in [-0.05, 0) is 31.7 Å². The van der Waals surface area contributed by atoms with Crippen LogP contribution in [-0.4, -0.2) is 50.8 Å². The quantitative estimate of drug-likeness (QED) is 0.807. The van der Waals surface area contributed by atoms with Crippen LogP contribution in [0.3, 0.4) is 0 Å². The van der Waals surface area contributed by atoms with Crippen molar-refractivity contribution in [1.29, 1.82) is 0 Å². The minimum atomic E-state index is 0.606. The molecule has 0 aromatic rings. The van der Waals surface area contributed by atoms with Gasteiger partial charge in [-0.2, -0.15) is 0 Å². The van der Waals surface area contributed by atoms with Crippen LogP contribution in [0.4, 0.5) is 0 Å². The normalized spacial score (nSPS) is 37.2. The van der Waals surface area contributed by atoms with E-state index in [4.69, 9.17) is 4.74 Å². The predicted octanol–water partition coefficient (Wildman–Crippen LogP) is 1.59. The molecule has 1 N–H and O–H groups in total. The van der Waals surface area contributed by atoms with Crippen LogP contribution in [0, 0.1) is 17.8 Å². The summed E-state index contributed by atoms with van der Waals surface area (Å²) >= 11 is 0. The molecule has 0 aromatic carbocycles. The van der Waals surface area contributed by atoms with Gasteiger partial charge >= 0.3 is 0 Å². The number of likely N-dealkylation sites (tertiary alicyclic amines) is 1. The van der Waals surface area contributed by atoms with Gasteiger partial charge in [-0.25, -0.2) is 0 Å². The van der Waals surface area contributed by atoms with E-state index in [0.29, 0.717) is 12.0 Å². The zero-order valence-corrected chi connectivity index (χ0v) is 11.6. The SMILES string of the molecule is CNC(CN1CC(C)CC(C)C1)C1CCOC1. The Bertz CT molecular complexity index is 218. The van der Waals surface area contributed by atoms with Gasteiger partial charge in [0, 0.05) is 38.2 Å². The molecule has 2 rings (SSSR count). The highest BCUT2D eigenvalue weighted by molar-refractivity contribution is 4.84. The van der Waals surface area contributed by atoms with E-state index in [0.717, 1.165) is 25.0 Å². The Morgan fingerprint density at radius 2 is 2.00 bits per heavy atom. The average Bonchev–Trinajstić information content (AvgIpc) is 2.77. The summed E-state index contributed by atoms with van der Waals surface area (Å²) < 4.78 is 5.51. The van der Waals surface area contributed by atoms with Crippen molar-refractivity contribution in [3.8, 4) is 0 Å². The van der Waals surface area contributed by atoms with E-state index in [1.54, 1.807) is 0 Å². The van der Waals surface area contributed by atoms with Crippen LogP contribution in [-0.2, 0) is 4.74 Å². The molecule has 0 radical (unpaired) electrons. The van der Waals surface area contributed by atoms with Crippen molar-refractivity contribution in [2.45, 2.75) is 32.7 Å². The lowest BCUT2D eigenvalue weighted by Gasteiger charge is -2.38. The maximum absolute atomic E-state index is 5.51. The minimum absolute atomic E-state index is 0.606. The molecule has 4 atom stereocenters. The van der Waals surface area contributed by atoms with Gasteiger partial charge in [0.1, 0.15) is 0 Å². The number of likely N-dealkylation sites (N-methyl/N-ethyl adjacent to an activating group) is 1. The Hall–Kier alpha value is -0.120. The molecule has 0 aliphatic carbocycles. The molecule has 2 saturated heterocycles. The molecule has 0 saturated carbocycles. The van der Waals surface area contributed by atoms with Crippen molar-refractivity contribution >= 4 is 0 Å². The van der Waals surface area contributed by atoms with Gasteiger partial charge in [0.2, 0.25) is 0 Å². The number of hydrogen-bond acceptors (Lipinski definition) is 3. The Labute approximate surface area is 106 Å². The smallest absolute Gasteiger partial charge is 0.0510 e. The third kappa shape index (κ3) is 3.67. The van der Waals surface area contributed by atoms with Crippen molar-refractivity contribution in [2.75, 3.05) is 39.9 Å². The van der Waals surface area contributed by atoms with Crippen LogP contribution in [0.5, 0.6) is 0 Å². The summed E-state index contributed by atoms with van der Waals surface area (Å²) in [5.41, 5.74) is 0. The van der Waals surface area contributed by atoms with Crippen LogP contribution >= 0.6 is 0 Å². The van der Waals surface area contributed by atoms with Crippen LogP contribution < -0.4 is 5.32 Å². The maximum atomic E-state index is 5.51. The topological polar surface area (TPSA) is 24.5 Å². The molecule has 100 valence electrons. The molecule has 2 aliphatic heterocycles. The highest BCUT2D eigenvalue weighted by Crippen LogP contribution is 2.23. The van der Waals surface area contributed by atoms with E-state index in [1.165, 1.54) is 32.5 Å². The lowest BCUT2D eigenvalue weighted by molar-refractivity contribution is 0.112. The summed E-state index contributed by atoms with van der Waals surface area (Å²) in [5, 5.41) is 3.50. The lowest BCUT2D eigenvalue weighted by atomic mass is 9.90. The summed E-state index contributed by atoms with van der Waals surface area (Å²) in [7, 11) is 2.10. The first-order valence-electron chi connectivity index (χ1n) is 7.16. The van der Waals surface area contributed by atoms with Gasteiger partial charge in [0.25, 0.3) is 0 Å². The molecule has 3 heteroatoms. The van der Waals surface area contributed by atoms with Gasteiger partial charge in [0.05, 0.1) is 6.61 Å². The lowest BCUT2D eigenvalue weighted by Crippen LogP contribution is -2.48. The first-order valence-corrected chi connectivity index (χ1v) is 7.16. The van der Waals surface area contributed by atoms with Crippen molar-refractivity contribution < 1.29 is 4.74 Å². The number of piperidine rings is 1. The number of ether oxygens (including phenoxy) is 1. The van der Waals surface area contributed by atoms with Gasteiger partial charge in [-0.15, -0.1) is 0 Å². The van der Waals surface area contributed by atoms with Crippen LogP contribution in [0.2, 0.25) is 0 Å². The van der Waals surface area contributed by atoms with E-state index in [2.05, 4.69) is 31.1 Å². The highest BCUT2D eigenvalue weighted by Gasteiger charge is 2.29. The molecule has 2 heterocycles. The zero-order valence-electron chi connectivity index (χ0n) is 11.6. The summed E-state index contributed by atoms with van der Waals surface area (Å²) in [6.07, 6.45) is 2.62. The second kappa shape index (κ2) is 6.17. The first-order chi connectivity index (χ1) is 8.19. The number of nitrogens with one attached hydrogen (secondary N) is 1. The van der Waals surface area contributed by atoms with E-state index >= 15 is 0 Å². The van der Waals surface area contributed by atoms with E-state index in [9.17, 15) is 0 Å². The number of rotatable bonds is 4. The van der Waals surface area contributed by atoms with Crippen LogP contribution in [0.1, 0.15) is 26.7 Å². The molecular weight excluding hydrogens is 212 g/mol. The van der Waals surface area contributed by atoms with E-state index in [1.807, 2.05) is 0 Å². The van der Waals surface area contributed by atoms with Crippen molar-refractivity contribution in [1.82, 2.24) is 10.2 Å². The molecular formula is C14H28N2O. The second-order valence-electron chi connectivity index (χ2n) is 6.18. The van der Waals surface area contributed by atoms with Crippen molar-refractivity contribution in [3.63, 3.8) is 0 Å². The number of nitrogens with zero attached hydrogens (tertiary/aromatic N) is 1. The summed E-state index contributed by atoms with van der Waals surface area (Å²) in [6, 6.07) is 0.606. The molecule has 0 amide bonds. The average molecular weight is 240 g/mol. The van der Waals surface area contributed by atoms with Crippen molar-refractivity contribution in [2.24, 2.45) is 17.8 Å². The fourth-order valence-electron chi connectivity index (χ4n) is 3.57. The van der Waals surface area contributed by atoms with Gasteiger partial charge in [-0.1, -0.05) is 13.8 Å². The van der Waals surface area contributed by atoms with Crippen LogP contribution in [0.25, 0.3) is 0 Å². The van der Waals surface area contributed by atoms with Crippen LogP contribution in [0.15, 0.2) is 0 Å². The first kappa shape index (κ1) is 13.3. The molecule has 4 unspecified atom stereocenters. The summed E-state index contributed by atoms with van der Waals surface area (Å²) in [4.78, 5) is 2.65. The van der Waals surface area contributed by atoms with Gasteiger partial charge in [0.15, 0.2) is 0 Å². The van der Waals surface area contributed by atoms with E-state index in [-0.39, 0.29) is 0 Å². The van der Waals surface area contributed by atoms with E-state index < -0.39 is 0 Å². The molecule has 0 bridgehead atoms. The molecule has 2 aliphatic rings. The standard InChI is InChI=1S/C14H28N2O/c1-11-6-12(2)8-16(7-11)9-14(15-3)13-4-5-17-10-13/h11-15H,4-10H2,1-3H3. The molecule has 0 spiro atoms. The third-order valence-corrected chi connectivity index (χ3v) is 4.30. The summed E-state index contributed by atoms with van der Waals surface area (Å²) in [6.45, 7) is 10.4. The predicted molar refractivity (Wildman–Crippen MR) is 71.2 cm³/mol. The molecule has 0 aromatic heterocycles. The zero-order chi connectivity index (χ0) is 12.3. The number of hydrogen-bond donors (Lipinski definition) is 1. The second-order valence-corrected chi connectivity index (χ2v) is 6.18. The van der Waals surface area contributed by atoms with Crippen molar-refractivity contribution in [3.05, 3.63) is 0 Å². The molecule has 2 fully saturated rings. The van der Waals surface area contributed by atoms with Gasteiger partial charge < -0.3 is 15.0 Å². The fraction of sp³-hybridized carbons (Fsp3) is 1.00. The molecule has 17 heavy (non-hydrogen) atoms. The maximum Gasteiger partial charge on any atom is 0.0510 e. The molecule has 3 nitrogen and oxygen atoms in total. The monoisotopic (exact) mass is 240 g/mol. The minimum Gasteiger partial charge on any atom is -0.381 e. The Morgan fingerprint density at radius 1 is 1.29 bits per heavy atom. The highest BCUT2D eigenvalue weighted by atomic mass is 16.5. The fourth-order valence-corrected chi connectivity index (χ4v) is 3.57. The largest absolute Gasteiger partial charge is 0.381 e.